The molecule has 3 aromatic heterocycles. The maximum atomic E-state index is 10.9. The Kier molecular flexibility index (Phi) is 3.83. The van der Waals surface area contributed by atoms with E-state index in [0.717, 1.165) is 16.0 Å². The van der Waals surface area contributed by atoms with Crippen LogP contribution in [0.5, 0.6) is 0 Å². The van der Waals surface area contributed by atoms with Crippen LogP contribution in [0.3, 0.4) is 0 Å². The highest BCUT2D eigenvalue weighted by atomic mass is 32.1. The molecule has 3 rings (SSSR count). The highest BCUT2D eigenvalue weighted by molar-refractivity contribution is 7.16. The zero-order valence-electron chi connectivity index (χ0n) is 11.4. The Morgan fingerprint density at radius 3 is 3.00 bits per heavy atom. The lowest BCUT2D eigenvalue weighted by atomic mass is 10.3. The number of nitrogens with one attached hydrogen (secondary N) is 2. The molecule has 0 aliphatic heterocycles. The first-order chi connectivity index (χ1) is 10.2. The van der Waals surface area contributed by atoms with Crippen LogP contribution in [0.25, 0.3) is 21.8 Å². The molecule has 108 valence electrons. The number of furan rings is 1. The average molecular weight is 302 g/mol. The molecule has 0 aromatic carbocycles. The zero-order valence-corrected chi connectivity index (χ0v) is 12.2. The van der Waals surface area contributed by atoms with E-state index in [1.165, 1.54) is 6.92 Å². The van der Waals surface area contributed by atoms with Gasteiger partial charge in [-0.25, -0.2) is 9.97 Å². The molecule has 21 heavy (non-hydrogen) atoms. The van der Waals surface area contributed by atoms with Crippen molar-refractivity contribution < 1.29 is 9.21 Å². The molecule has 0 unspecified atom stereocenters. The van der Waals surface area contributed by atoms with Crippen LogP contribution in [0.2, 0.25) is 0 Å². The monoisotopic (exact) mass is 302 g/mol. The number of rotatable bonds is 5. The summed E-state index contributed by atoms with van der Waals surface area (Å²) in [4.78, 5) is 20.8. The highest BCUT2D eigenvalue weighted by Gasteiger charge is 2.11. The van der Waals surface area contributed by atoms with Crippen molar-refractivity contribution in [3.8, 4) is 11.6 Å². The van der Waals surface area contributed by atoms with E-state index in [9.17, 15) is 4.79 Å². The first-order valence-electron chi connectivity index (χ1n) is 6.51. The summed E-state index contributed by atoms with van der Waals surface area (Å²) < 4.78 is 5.35. The maximum absolute atomic E-state index is 10.9. The van der Waals surface area contributed by atoms with E-state index < -0.39 is 0 Å². The van der Waals surface area contributed by atoms with E-state index in [0.29, 0.717) is 24.7 Å². The molecule has 0 aliphatic carbocycles. The van der Waals surface area contributed by atoms with Crippen molar-refractivity contribution in [2.24, 2.45) is 0 Å². The molecule has 0 radical (unpaired) electrons. The fourth-order valence-corrected chi connectivity index (χ4v) is 2.69. The van der Waals surface area contributed by atoms with Gasteiger partial charge in [0.25, 0.3) is 0 Å². The number of fused-ring (bicyclic) bond motifs is 1. The summed E-state index contributed by atoms with van der Waals surface area (Å²) in [6, 6.07) is 5.61. The fraction of sp³-hybridized carbons (Fsp3) is 0.214. The molecular formula is C14H14N4O2S. The van der Waals surface area contributed by atoms with Gasteiger partial charge in [-0.1, -0.05) is 0 Å². The van der Waals surface area contributed by atoms with Crippen molar-refractivity contribution in [1.29, 1.82) is 0 Å². The third kappa shape index (κ3) is 3.03. The number of carbonyl (C=O) groups excluding carboxylic acids is 1. The van der Waals surface area contributed by atoms with Crippen LogP contribution >= 0.6 is 11.3 Å². The number of anilines is 1. The van der Waals surface area contributed by atoms with Gasteiger partial charge in [0.15, 0.2) is 11.6 Å². The summed E-state index contributed by atoms with van der Waals surface area (Å²) in [6.45, 7) is 2.64. The van der Waals surface area contributed by atoms with Crippen LogP contribution in [0.15, 0.2) is 34.3 Å². The number of nitrogens with zero attached hydrogens (tertiary/aromatic N) is 2. The molecule has 0 saturated carbocycles. The molecular weight excluding hydrogens is 288 g/mol. The molecule has 0 fully saturated rings. The summed E-state index contributed by atoms with van der Waals surface area (Å²) in [6.07, 6.45) is 1.60. The molecule has 1 amide bonds. The molecule has 3 aromatic rings. The minimum atomic E-state index is -0.0450. The summed E-state index contributed by atoms with van der Waals surface area (Å²) in [7, 11) is 0. The Bertz CT molecular complexity index is 752. The second-order valence-electron chi connectivity index (χ2n) is 4.42. The Hall–Kier alpha value is -2.41. The van der Waals surface area contributed by atoms with Crippen molar-refractivity contribution in [2.45, 2.75) is 6.92 Å². The molecule has 0 spiro atoms. The standard InChI is InChI=1S/C14H14N4O2S/c1-9(19)15-5-6-16-12-10-4-8-21-14(10)18-13(17-12)11-3-2-7-20-11/h2-4,7-8H,5-6H2,1H3,(H,15,19)(H,16,17,18). The van der Waals surface area contributed by atoms with Crippen molar-refractivity contribution >= 4 is 33.3 Å². The van der Waals surface area contributed by atoms with E-state index in [4.69, 9.17) is 4.42 Å². The molecule has 0 aliphatic rings. The number of thiophene rings is 1. The average Bonchev–Trinajstić information content (AvgIpc) is 3.13. The quantitative estimate of drug-likeness (QED) is 0.708. The molecule has 0 atom stereocenters. The largest absolute Gasteiger partial charge is 0.461 e. The summed E-state index contributed by atoms with van der Waals surface area (Å²) >= 11 is 1.55. The summed E-state index contributed by atoms with van der Waals surface area (Å²) in [5, 5.41) is 8.92. The maximum Gasteiger partial charge on any atom is 0.216 e. The van der Waals surface area contributed by atoms with Crippen LogP contribution in [0.1, 0.15) is 6.92 Å². The SMILES string of the molecule is CC(=O)NCCNc1nc(-c2ccco2)nc2sccc12. The van der Waals surface area contributed by atoms with Gasteiger partial charge < -0.3 is 15.1 Å². The lowest BCUT2D eigenvalue weighted by Gasteiger charge is -2.08. The number of hydrogen-bond donors (Lipinski definition) is 2. The Balaban J connectivity index is 1.85. The van der Waals surface area contributed by atoms with Gasteiger partial charge in [0.2, 0.25) is 5.91 Å². The predicted molar refractivity (Wildman–Crippen MR) is 82.3 cm³/mol. The first kappa shape index (κ1) is 13.6. The molecule has 2 N–H and O–H groups in total. The zero-order chi connectivity index (χ0) is 14.7. The van der Waals surface area contributed by atoms with E-state index in [2.05, 4.69) is 20.6 Å². The van der Waals surface area contributed by atoms with Gasteiger partial charge in [-0.2, -0.15) is 0 Å². The normalized spacial score (nSPS) is 10.7. The Labute approximate surface area is 125 Å². The van der Waals surface area contributed by atoms with Gasteiger partial charge in [0.1, 0.15) is 10.6 Å². The second-order valence-corrected chi connectivity index (χ2v) is 5.32. The first-order valence-corrected chi connectivity index (χ1v) is 7.39. The van der Waals surface area contributed by atoms with Gasteiger partial charge in [0, 0.05) is 20.0 Å². The van der Waals surface area contributed by atoms with Crippen LogP contribution in [-0.2, 0) is 4.79 Å². The highest BCUT2D eigenvalue weighted by Crippen LogP contribution is 2.28. The molecule has 0 bridgehead atoms. The van der Waals surface area contributed by atoms with E-state index in [1.54, 1.807) is 23.7 Å². The number of carbonyl (C=O) groups is 1. The molecule has 7 heteroatoms. The minimum Gasteiger partial charge on any atom is -0.461 e. The lowest BCUT2D eigenvalue weighted by Crippen LogP contribution is -2.26. The van der Waals surface area contributed by atoms with Crippen LogP contribution in [-0.4, -0.2) is 29.0 Å². The van der Waals surface area contributed by atoms with E-state index in [1.807, 2.05) is 17.5 Å². The van der Waals surface area contributed by atoms with Crippen molar-refractivity contribution in [2.75, 3.05) is 18.4 Å². The topological polar surface area (TPSA) is 80.0 Å². The van der Waals surface area contributed by atoms with Gasteiger partial charge in [0.05, 0.1) is 11.6 Å². The third-order valence-corrected chi connectivity index (χ3v) is 3.66. The smallest absolute Gasteiger partial charge is 0.216 e. The van der Waals surface area contributed by atoms with Gasteiger partial charge in [-0.05, 0) is 23.6 Å². The number of amides is 1. The van der Waals surface area contributed by atoms with Crippen molar-refractivity contribution in [1.82, 2.24) is 15.3 Å². The van der Waals surface area contributed by atoms with E-state index >= 15 is 0 Å². The van der Waals surface area contributed by atoms with Crippen molar-refractivity contribution in [3.05, 3.63) is 29.8 Å². The van der Waals surface area contributed by atoms with Gasteiger partial charge in [-0.15, -0.1) is 11.3 Å². The van der Waals surface area contributed by atoms with Gasteiger partial charge in [-0.3, -0.25) is 4.79 Å². The van der Waals surface area contributed by atoms with E-state index in [-0.39, 0.29) is 5.91 Å². The van der Waals surface area contributed by atoms with Gasteiger partial charge >= 0.3 is 0 Å². The minimum absolute atomic E-state index is 0.0450. The fourth-order valence-electron chi connectivity index (χ4n) is 1.93. The molecule has 0 saturated heterocycles. The predicted octanol–water partition coefficient (Wildman–Crippen LogP) is 2.50. The van der Waals surface area contributed by atoms with Crippen LogP contribution in [0, 0.1) is 0 Å². The lowest BCUT2D eigenvalue weighted by molar-refractivity contribution is -0.118. The second kappa shape index (κ2) is 5.92. The summed E-state index contributed by atoms with van der Waals surface area (Å²) in [5.41, 5.74) is 0. The molecule has 3 heterocycles. The number of hydrogen-bond acceptors (Lipinski definition) is 6. The van der Waals surface area contributed by atoms with Crippen LogP contribution in [0.4, 0.5) is 5.82 Å². The Morgan fingerprint density at radius 1 is 1.33 bits per heavy atom. The van der Waals surface area contributed by atoms with Crippen molar-refractivity contribution in [3.63, 3.8) is 0 Å². The summed E-state index contributed by atoms with van der Waals surface area (Å²) in [5.74, 6) is 1.89. The van der Waals surface area contributed by atoms with Crippen LogP contribution < -0.4 is 10.6 Å². The number of aromatic nitrogens is 2. The molecule has 6 nitrogen and oxygen atoms in total. The Morgan fingerprint density at radius 2 is 2.24 bits per heavy atom. The third-order valence-electron chi connectivity index (χ3n) is 2.86.